The molecular weight excluding hydrogens is 238 g/mol. The first kappa shape index (κ1) is 14.6. The Bertz CT molecular complexity index is 394. The van der Waals surface area contributed by atoms with Crippen LogP contribution < -0.4 is 5.32 Å². The summed E-state index contributed by atoms with van der Waals surface area (Å²) in [7, 11) is 2.17. The highest BCUT2D eigenvalue weighted by atomic mass is 16.3. The topological polar surface area (TPSA) is 31.6 Å². The summed E-state index contributed by atoms with van der Waals surface area (Å²) in [6, 6.07) is 4.11. The molecule has 1 aliphatic rings. The number of likely N-dealkylation sites (N-methyl/N-ethyl adjacent to an activating group) is 1. The zero-order chi connectivity index (χ0) is 13.9. The van der Waals surface area contributed by atoms with Gasteiger partial charge in [0.15, 0.2) is 0 Å². The summed E-state index contributed by atoms with van der Waals surface area (Å²) in [4.78, 5) is 4.92. The molecule has 0 amide bonds. The van der Waals surface area contributed by atoms with Gasteiger partial charge in [-0.15, -0.1) is 0 Å². The Kier molecular flexibility index (Phi) is 4.66. The van der Waals surface area contributed by atoms with Gasteiger partial charge in [0.05, 0.1) is 6.54 Å². The molecule has 1 N–H and O–H groups in total. The van der Waals surface area contributed by atoms with Crippen molar-refractivity contribution in [3.8, 4) is 0 Å². The van der Waals surface area contributed by atoms with Gasteiger partial charge in [-0.3, -0.25) is 9.80 Å². The van der Waals surface area contributed by atoms with E-state index in [2.05, 4.69) is 42.1 Å². The average Bonchev–Trinajstić information content (AvgIpc) is 2.75. The highest BCUT2D eigenvalue weighted by Gasteiger charge is 2.29. The van der Waals surface area contributed by atoms with Crippen molar-refractivity contribution in [2.24, 2.45) is 0 Å². The molecule has 19 heavy (non-hydrogen) atoms. The van der Waals surface area contributed by atoms with Crippen LogP contribution in [0.2, 0.25) is 0 Å². The van der Waals surface area contributed by atoms with E-state index in [9.17, 15) is 0 Å². The lowest BCUT2D eigenvalue weighted by molar-refractivity contribution is 0.0674. The van der Waals surface area contributed by atoms with Crippen molar-refractivity contribution < 1.29 is 4.42 Å². The summed E-state index contributed by atoms with van der Waals surface area (Å²) < 4.78 is 5.65. The first-order chi connectivity index (χ1) is 8.97. The molecule has 0 saturated carbocycles. The Balaban J connectivity index is 1.87. The van der Waals surface area contributed by atoms with Gasteiger partial charge in [0.25, 0.3) is 0 Å². The summed E-state index contributed by atoms with van der Waals surface area (Å²) >= 11 is 0. The minimum absolute atomic E-state index is 0.207. The normalized spacial score (nSPS) is 18.2. The van der Waals surface area contributed by atoms with Crippen molar-refractivity contribution in [3.05, 3.63) is 23.7 Å². The van der Waals surface area contributed by atoms with Crippen LogP contribution in [-0.4, -0.2) is 55.1 Å². The average molecular weight is 265 g/mol. The van der Waals surface area contributed by atoms with E-state index in [1.807, 2.05) is 13.0 Å². The predicted molar refractivity (Wildman–Crippen MR) is 78.3 cm³/mol. The van der Waals surface area contributed by atoms with Crippen molar-refractivity contribution in [1.29, 1.82) is 0 Å². The minimum Gasteiger partial charge on any atom is -0.465 e. The number of hydrogen-bond donors (Lipinski definition) is 1. The van der Waals surface area contributed by atoms with Gasteiger partial charge in [-0.25, -0.2) is 0 Å². The van der Waals surface area contributed by atoms with Crippen LogP contribution in [0.25, 0.3) is 0 Å². The van der Waals surface area contributed by atoms with Crippen LogP contribution in [0.3, 0.4) is 0 Å². The molecule has 0 spiro atoms. The lowest BCUT2D eigenvalue weighted by Gasteiger charge is -2.43. The van der Waals surface area contributed by atoms with Crippen molar-refractivity contribution in [3.63, 3.8) is 0 Å². The summed E-state index contributed by atoms with van der Waals surface area (Å²) in [6.45, 7) is 13.1. The van der Waals surface area contributed by atoms with E-state index < -0.39 is 0 Å². The molecule has 2 rings (SSSR count). The molecule has 0 aliphatic carbocycles. The number of nitrogens with one attached hydrogen (secondary N) is 1. The molecule has 0 aromatic carbocycles. The smallest absolute Gasteiger partial charge is 0.118 e. The van der Waals surface area contributed by atoms with Gasteiger partial charge in [0, 0.05) is 38.3 Å². The van der Waals surface area contributed by atoms with E-state index in [4.69, 9.17) is 4.42 Å². The second-order valence-electron chi connectivity index (χ2n) is 6.23. The quantitative estimate of drug-likeness (QED) is 0.878. The van der Waals surface area contributed by atoms with Crippen molar-refractivity contribution in [2.45, 2.75) is 32.9 Å². The van der Waals surface area contributed by atoms with Crippen LogP contribution in [0.5, 0.6) is 0 Å². The van der Waals surface area contributed by atoms with Gasteiger partial charge in [-0.2, -0.15) is 0 Å². The Morgan fingerprint density at radius 1 is 1.32 bits per heavy atom. The largest absolute Gasteiger partial charge is 0.465 e. The third-order valence-corrected chi connectivity index (χ3v) is 3.85. The van der Waals surface area contributed by atoms with Gasteiger partial charge in [0.1, 0.15) is 11.5 Å². The predicted octanol–water partition coefficient (Wildman–Crippen LogP) is 1.70. The molecule has 0 atom stereocenters. The SMILES string of the molecule is Cc1ccc(CN(C)CC(C)(C)N2CCNCC2)o1. The number of furan rings is 1. The Labute approximate surface area is 116 Å². The molecule has 0 radical (unpaired) electrons. The molecular formula is C15H27N3O. The Morgan fingerprint density at radius 3 is 2.58 bits per heavy atom. The molecule has 1 saturated heterocycles. The Morgan fingerprint density at radius 2 is 2.00 bits per heavy atom. The van der Waals surface area contributed by atoms with Crippen molar-refractivity contribution in [2.75, 3.05) is 39.8 Å². The molecule has 4 nitrogen and oxygen atoms in total. The van der Waals surface area contributed by atoms with Gasteiger partial charge >= 0.3 is 0 Å². The first-order valence-corrected chi connectivity index (χ1v) is 7.17. The monoisotopic (exact) mass is 265 g/mol. The third-order valence-electron chi connectivity index (χ3n) is 3.85. The van der Waals surface area contributed by atoms with E-state index in [1.54, 1.807) is 0 Å². The van der Waals surface area contributed by atoms with Crippen LogP contribution in [0.4, 0.5) is 0 Å². The number of piperazine rings is 1. The van der Waals surface area contributed by atoms with Crippen LogP contribution in [-0.2, 0) is 6.54 Å². The summed E-state index contributed by atoms with van der Waals surface area (Å²) in [5, 5.41) is 3.41. The lowest BCUT2D eigenvalue weighted by atomic mass is 10.0. The summed E-state index contributed by atoms with van der Waals surface area (Å²) in [5.74, 6) is 2.04. The molecule has 1 aliphatic heterocycles. The van der Waals surface area contributed by atoms with Crippen LogP contribution >= 0.6 is 0 Å². The van der Waals surface area contributed by atoms with E-state index in [0.717, 1.165) is 50.8 Å². The molecule has 1 fully saturated rings. The van der Waals surface area contributed by atoms with E-state index in [1.165, 1.54) is 0 Å². The zero-order valence-corrected chi connectivity index (χ0v) is 12.7. The molecule has 1 aromatic rings. The van der Waals surface area contributed by atoms with Crippen LogP contribution in [0.15, 0.2) is 16.5 Å². The van der Waals surface area contributed by atoms with Gasteiger partial charge in [-0.1, -0.05) is 0 Å². The maximum absolute atomic E-state index is 5.65. The van der Waals surface area contributed by atoms with Gasteiger partial charge in [0.2, 0.25) is 0 Å². The van der Waals surface area contributed by atoms with Gasteiger partial charge < -0.3 is 9.73 Å². The fourth-order valence-corrected chi connectivity index (χ4v) is 2.92. The van der Waals surface area contributed by atoms with Crippen molar-refractivity contribution >= 4 is 0 Å². The third kappa shape index (κ3) is 4.06. The maximum Gasteiger partial charge on any atom is 0.118 e. The molecule has 0 bridgehead atoms. The summed E-state index contributed by atoms with van der Waals surface area (Å²) in [6.07, 6.45) is 0. The van der Waals surface area contributed by atoms with Crippen LogP contribution in [0, 0.1) is 6.92 Å². The highest BCUT2D eigenvalue weighted by Crippen LogP contribution is 2.18. The standard InChI is InChI=1S/C15H27N3O/c1-13-5-6-14(19-13)11-17(4)12-15(2,3)18-9-7-16-8-10-18/h5-6,16H,7-12H2,1-4H3. The van der Waals surface area contributed by atoms with E-state index in [0.29, 0.717) is 0 Å². The molecule has 1 aromatic heterocycles. The van der Waals surface area contributed by atoms with Crippen molar-refractivity contribution in [1.82, 2.24) is 15.1 Å². The lowest BCUT2D eigenvalue weighted by Crippen LogP contribution is -2.57. The van der Waals surface area contributed by atoms with E-state index >= 15 is 0 Å². The second-order valence-corrected chi connectivity index (χ2v) is 6.23. The first-order valence-electron chi connectivity index (χ1n) is 7.17. The molecule has 0 unspecified atom stereocenters. The number of aryl methyl sites for hydroxylation is 1. The molecule has 108 valence electrons. The number of hydrogen-bond acceptors (Lipinski definition) is 4. The minimum atomic E-state index is 0.207. The van der Waals surface area contributed by atoms with E-state index in [-0.39, 0.29) is 5.54 Å². The Hall–Kier alpha value is -0.840. The fourth-order valence-electron chi connectivity index (χ4n) is 2.92. The maximum atomic E-state index is 5.65. The second kappa shape index (κ2) is 6.07. The molecule has 2 heterocycles. The van der Waals surface area contributed by atoms with Gasteiger partial charge in [-0.05, 0) is 40.0 Å². The van der Waals surface area contributed by atoms with Crippen LogP contribution in [0.1, 0.15) is 25.4 Å². The highest BCUT2D eigenvalue weighted by molar-refractivity contribution is 5.05. The number of nitrogens with zero attached hydrogens (tertiary/aromatic N) is 2. The number of rotatable bonds is 5. The molecule has 4 heteroatoms. The zero-order valence-electron chi connectivity index (χ0n) is 12.7. The summed E-state index contributed by atoms with van der Waals surface area (Å²) in [5.41, 5.74) is 0.207. The fraction of sp³-hybridized carbons (Fsp3) is 0.733.